The van der Waals surface area contributed by atoms with Gasteiger partial charge in [0.05, 0.1) is 18.6 Å². The van der Waals surface area contributed by atoms with Crippen molar-refractivity contribution in [1.29, 1.82) is 0 Å². The van der Waals surface area contributed by atoms with Crippen LogP contribution in [0, 0.1) is 5.41 Å². The van der Waals surface area contributed by atoms with E-state index in [1.165, 1.54) is 4.88 Å². The van der Waals surface area contributed by atoms with Gasteiger partial charge in [0.2, 0.25) is 5.91 Å². The zero-order chi connectivity index (χ0) is 15.1. The number of carbonyl (C=O) groups is 1. The summed E-state index contributed by atoms with van der Waals surface area (Å²) in [6.45, 7) is 5.90. The topological polar surface area (TPSA) is 41.6 Å². The van der Waals surface area contributed by atoms with Crippen molar-refractivity contribution in [3.05, 3.63) is 22.4 Å². The molecule has 1 aromatic heterocycles. The Hall–Kier alpha value is -0.910. The molecule has 1 aromatic rings. The van der Waals surface area contributed by atoms with E-state index < -0.39 is 0 Å². The lowest BCUT2D eigenvalue weighted by molar-refractivity contribution is -0.145. The third-order valence-corrected chi connectivity index (χ3v) is 5.24. The number of piperidine rings is 1. The van der Waals surface area contributed by atoms with Gasteiger partial charge >= 0.3 is 0 Å². The van der Waals surface area contributed by atoms with Gasteiger partial charge in [0, 0.05) is 25.1 Å². The first kappa shape index (κ1) is 16.5. The first-order chi connectivity index (χ1) is 10.2. The van der Waals surface area contributed by atoms with Crippen LogP contribution in [0.2, 0.25) is 0 Å². The van der Waals surface area contributed by atoms with Crippen molar-refractivity contribution in [3.63, 3.8) is 0 Å². The molecule has 0 aliphatic carbocycles. The van der Waals surface area contributed by atoms with E-state index in [-0.39, 0.29) is 11.3 Å². The minimum atomic E-state index is -0.233. The third kappa shape index (κ3) is 4.05. The molecule has 0 saturated carbocycles. The lowest BCUT2D eigenvalue weighted by Gasteiger charge is -2.39. The lowest BCUT2D eigenvalue weighted by Crippen LogP contribution is -2.52. The molecule has 5 heteroatoms. The van der Waals surface area contributed by atoms with Gasteiger partial charge in [-0.3, -0.25) is 4.79 Å². The minimum Gasteiger partial charge on any atom is -0.383 e. The van der Waals surface area contributed by atoms with Gasteiger partial charge in [0.15, 0.2) is 0 Å². The average molecular weight is 310 g/mol. The highest BCUT2D eigenvalue weighted by Gasteiger charge is 2.40. The van der Waals surface area contributed by atoms with Crippen molar-refractivity contribution >= 4 is 17.2 Å². The molecule has 2 rings (SSSR count). The molecule has 0 bridgehead atoms. The second-order valence-electron chi connectivity index (χ2n) is 5.71. The molecular formula is C16H26N2O2S. The zero-order valence-electron chi connectivity index (χ0n) is 13.1. The summed E-state index contributed by atoms with van der Waals surface area (Å²) >= 11 is 1.70. The van der Waals surface area contributed by atoms with Crippen LogP contribution in [0.15, 0.2) is 17.5 Å². The molecule has 118 valence electrons. The molecule has 1 saturated heterocycles. The first-order valence-corrected chi connectivity index (χ1v) is 8.61. The molecule has 2 heterocycles. The highest BCUT2D eigenvalue weighted by atomic mass is 32.1. The summed E-state index contributed by atoms with van der Waals surface area (Å²) in [6, 6.07) is 4.13. The van der Waals surface area contributed by atoms with Gasteiger partial charge in [-0.25, -0.2) is 0 Å². The van der Waals surface area contributed by atoms with Crippen LogP contribution in [0.1, 0.15) is 31.1 Å². The highest BCUT2D eigenvalue weighted by molar-refractivity contribution is 7.09. The maximum Gasteiger partial charge on any atom is 0.230 e. The van der Waals surface area contributed by atoms with Gasteiger partial charge in [-0.05, 0) is 37.3 Å². The first-order valence-electron chi connectivity index (χ1n) is 7.73. The molecule has 1 aliphatic heterocycles. The number of nitrogens with one attached hydrogen (secondary N) is 1. The van der Waals surface area contributed by atoms with Crippen LogP contribution in [0.5, 0.6) is 0 Å². The van der Waals surface area contributed by atoms with Crippen molar-refractivity contribution in [1.82, 2.24) is 10.2 Å². The minimum absolute atomic E-state index is 0.233. The van der Waals surface area contributed by atoms with Crippen LogP contribution in [0.25, 0.3) is 0 Å². The predicted molar refractivity (Wildman–Crippen MR) is 86.4 cm³/mol. The second kappa shape index (κ2) is 7.92. The van der Waals surface area contributed by atoms with Gasteiger partial charge in [-0.2, -0.15) is 0 Å². The van der Waals surface area contributed by atoms with Gasteiger partial charge < -0.3 is 15.0 Å². The SMILES string of the molecule is CCC1(C(=O)N(CCOC)Cc2cccs2)CCCNC1. The molecule has 1 N–H and O–H groups in total. The molecule has 0 spiro atoms. The molecule has 1 amide bonds. The van der Waals surface area contributed by atoms with Gasteiger partial charge in [0.1, 0.15) is 0 Å². The summed E-state index contributed by atoms with van der Waals surface area (Å²) in [4.78, 5) is 16.3. The Kier molecular flexibility index (Phi) is 6.21. The number of hydrogen-bond donors (Lipinski definition) is 1. The maximum atomic E-state index is 13.1. The Morgan fingerprint density at radius 2 is 2.43 bits per heavy atom. The Balaban J connectivity index is 2.11. The fourth-order valence-electron chi connectivity index (χ4n) is 2.98. The molecule has 1 atom stereocenters. The molecule has 0 aromatic carbocycles. The molecule has 1 fully saturated rings. The third-order valence-electron chi connectivity index (χ3n) is 4.38. The summed E-state index contributed by atoms with van der Waals surface area (Å²) in [5.74, 6) is 0.280. The van der Waals surface area contributed by atoms with E-state index in [4.69, 9.17) is 4.74 Å². The molecular weight excluding hydrogens is 284 g/mol. The van der Waals surface area contributed by atoms with Gasteiger partial charge in [-0.15, -0.1) is 11.3 Å². The van der Waals surface area contributed by atoms with Crippen LogP contribution in [-0.4, -0.2) is 44.2 Å². The summed E-state index contributed by atoms with van der Waals surface area (Å²) in [6.07, 6.45) is 2.96. The van der Waals surface area contributed by atoms with Crippen molar-refractivity contribution in [2.75, 3.05) is 33.4 Å². The number of amides is 1. The van der Waals surface area contributed by atoms with Crippen LogP contribution in [0.4, 0.5) is 0 Å². The number of thiophene rings is 1. The Morgan fingerprint density at radius 1 is 1.57 bits per heavy atom. The number of ether oxygens (including phenoxy) is 1. The number of methoxy groups -OCH3 is 1. The molecule has 1 unspecified atom stereocenters. The van der Waals surface area contributed by atoms with Crippen LogP contribution in [0.3, 0.4) is 0 Å². The summed E-state index contributed by atoms with van der Waals surface area (Å²) in [5, 5.41) is 5.46. The Bertz CT molecular complexity index is 427. The van der Waals surface area contributed by atoms with Gasteiger partial charge in [0.25, 0.3) is 0 Å². The largest absolute Gasteiger partial charge is 0.383 e. The molecule has 0 radical (unpaired) electrons. The fourth-order valence-corrected chi connectivity index (χ4v) is 3.70. The summed E-state index contributed by atoms with van der Waals surface area (Å²) < 4.78 is 5.19. The number of rotatable bonds is 7. The van der Waals surface area contributed by atoms with Crippen LogP contribution in [-0.2, 0) is 16.1 Å². The van der Waals surface area contributed by atoms with E-state index in [1.807, 2.05) is 11.0 Å². The average Bonchev–Trinajstić information content (AvgIpc) is 3.04. The maximum absolute atomic E-state index is 13.1. The van der Waals surface area contributed by atoms with Crippen molar-refractivity contribution in [2.45, 2.75) is 32.7 Å². The van der Waals surface area contributed by atoms with E-state index in [9.17, 15) is 4.79 Å². The van der Waals surface area contributed by atoms with Crippen molar-refractivity contribution in [2.24, 2.45) is 5.41 Å². The van der Waals surface area contributed by atoms with E-state index in [2.05, 4.69) is 23.7 Å². The van der Waals surface area contributed by atoms with Crippen molar-refractivity contribution in [3.8, 4) is 0 Å². The highest BCUT2D eigenvalue weighted by Crippen LogP contribution is 2.33. The standard InChI is InChI=1S/C16H26N2O2S/c1-3-16(7-5-8-17-13-16)15(19)18(9-10-20-2)12-14-6-4-11-21-14/h4,6,11,17H,3,5,7-10,12-13H2,1-2H3. The van der Waals surface area contributed by atoms with E-state index in [0.717, 1.165) is 32.4 Å². The Labute approximate surface area is 131 Å². The Morgan fingerprint density at radius 3 is 3.00 bits per heavy atom. The van der Waals surface area contributed by atoms with E-state index in [0.29, 0.717) is 19.7 Å². The lowest BCUT2D eigenvalue weighted by atomic mass is 9.77. The van der Waals surface area contributed by atoms with Crippen LogP contribution >= 0.6 is 11.3 Å². The zero-order valence-corrected chi connectivity index (χ0v) is 13.9. The monoisotopic (exact) mass is 310 g/mol. The van der Waals surface area contributed by atoms with Crippen molar-refractivity contribution < 1.29 is 9.53 Å². The molecule has 4 nitrogen and oxygen atoms in total. The summed E-state index contributed by atoms with van der Waals surface area (Å²) in [7, 11) is 1.69. The molecule has 21 heavy (non-hydrogen) atoms. The number of nitrogens with zero attached hydrogens (tertiary/aromatic N) is 1. The number of carbonyl (C=O) groups excluding carboxylic acids is 1. The summed E-state index contributed by atoms with van der Waals surface area (Å²) in [5.41, 5.74) is -0.233. The second-order valence-corrected chi connectivity index (χ2v) is 6.75. The van der Waals surface area contributed by atoms with Crippen LogP contribution < -0.4 is 5.32 Å². The number of hydrogen-bond acceptors (Lipinski definition) is 4. The fraction of sp³-hybridized carbons (Fsp3) is 0.688. The smallest absolute Gasteiger partial charge is 0.230 e. The predicted octanol–water partition coefficient (Wildman–Crippen LogP) is 2.50. The normalized spacial score (nSPS) is 22.2. The van der Waals surface area contributed by atoms with Gasteiger partial charge in [-0.1, -0.05) is 13.0 Å². The molecule has 1 aliphatic rings. The van der Waals surface area contributed by atoms with E-state index in [1.54, 1.807) is 18.4 Å². The van der Waals surface area contributed by atoms with E-state index >= 15 is 0 Å². The quantitative estimate of drug-likeness (QED) is 0.841.